The van der Waals surface area contributed by atoms with Gasteiger partial charge in [-0.2, -0.15) is 0 Å². The molecule has 0 aliphatic heterocycles. The summed E-state index contributed by atoms with van der Waals surface area (Å²) >= 11 is 0. The smallest absolute Gasteiger partial charge is 0.339 e. The molecule has 0 bridgehead atoms. The molecule has 1 rings (SSSR count). The Morgan fingerprint density at radius 1 is 1.42 bits per heavy atom. The third-order valence-corrected chi connectivity index (χ3v) is 3.18. The van der Waals surface area contributed by atoms with Crippen LogP contribution in [0.2, 0.25) is 0 Å². The molecule has 1 aromatic heterocycles. The fourth-order valence-corrected chi connectivity index (χ4v) is 2.09. The van der Waals surface area contributed by atoms with Crippen LogP contribution in [0, 0.1) is 6.92 Å². The topological polar surface area (TPSA) is 86.5 Å². The number of carboxylic acids is 1. The van der Waals surface area contributed by atoms with Crippen LogP contribution in [0.3, 0.4) is 0 Å². The van der Waals surface area contributed by atoms with E-state index in [1.54, 1.807) is 6.92 Å². The molecule has 0 amide bonds. The average Bonchev–Trinajstić information content (AvgIpc) is 2.38. The van der Waals surface area contributed by atoms with E-state index in [-0.39, 0.29) is 18.2 Å². The Kier molecular flexibility index (Phi) is 5.69. The first-order chi connectivity index (χ1) is 9.04. The molecule has 0 saturated heterocycles. The number of aryl methyl sites for hydroxylation is 1. The lowest BCUT2D eigenvalue weighted by molar-refractivity contribution is 0.0695. The van der Waals surface area contributed by atoms with Crippen LogP contribution in [0.1, 0.15) is 42.7 Å². The molecule has 0 fully saturated rings. The number of carbonyl (C=O) groups is 1. The number of aromatic nitrogens is 2. The summed E-state index contributed by atoms with van der Waals surface area (Å²) in [6.07, 6.45) is 3.16. The van der Waals surface area contributed by atoms with Gasteiger partial charge in [-0.3, -0.25) is 0 Å². The predicted octanol–water partition coefficient (Wildman–Crippen LogP) is 1.47. The van der Waals surface area contributed by atoms with Crippen LogP contribution in [-0.2, 0) is 0 Å². The van der Waals surface area contributed by atoms with Gasteiger partial charge in [0.05, 0.1) is 17.9 Å². The van der Waals surface area contributed by atoms with Gasteiger partial charge >= 0.3 is 5.97 Å². The lowest BCUT2D eigenvalue weighted by Crippen LogP contribution is -2.38. The second kappa shape index (κ2) is 7.04. The van der Waals surface area contributed by atoms with Crippen molar-refractivity contribution in [2.75, 3.05) is 18.1 Å². The lowest BCUT2D eigenvalue weighted by Gasteiger charge is -2.30. The van der Waals surface area contributed by atoms with Gasteiger partial charge in [-0.15, -0.1) is 0 Å². The largest absolute Gasteiger partial charge is 0.478 e. The van der Waals surface area contributed by atoms with E-state index >= 15 is 0 Å². The van der Waals surface area contributed by atoms with Crippen molar-refractivity contribution in [3.05, 3.63) is 17.5 Å². The average molecular weight is 267 g/mol. The summed E-state index contributed by atoms with van der Waals surface area (Å²) in [6.45, 7) is 6.24. The maximum atomic E-state index is 10.9. The van der Waals surface area contributed by atoms with E-state index in [0.717, 1.165) is 12.8 Å². The predicted molar refractivity (Wildman–Crippen MR) is 72.5 cm³/mol. The van der Waals surface area contributed by atoms with Crippen LogP contribution in [0.5, 0.6) is 0 Å². The summed E-state index contributed by atoms with van der Waals surface area (Å²) in [5.41, 5.74) is 0.545. The zero-order valence-corrected chi connectivity index (χ0v) is 11.6. The molecule has 0 saturated carbocycles. The summed E-state index contributed by atoms with van der Waals surface area (Å²) < 4.78 is 0. The Morgan fingerprint density at radius 3 is 2.47 bits per heavy atom. The van der Waals surface area contributed by atoms with Gasteiger partial charge < -0.3 is 15.1 Å². The van der Waals surface area contributed by atoms with Crippen molar-refractivity contribution in [2.45, 2.75) is 39.7 Å². The van der Waals surface area contributed by atoms with Crippen molar-refractivity contribution in [3.8, 4) is 0 Å². The van der Waals surface area contributed by atoms with Crippen LogP contribution in [0.4, 0.5) is 5.95 Å². The molecule has 0 aromatic carbocycles. The highest BCUT2D eigenvalue weighted by Crippen LogP contribution is 2.17. The molecule has 0 radical (unpaired) electrons. The number of hydrogen-bond acceptors (Lipinski definition) is 5. The number of aromatic carboxylic acids is 1. The molecule has 6 heteroatoms. The van der Waals surface area contributed by atoms with Gasteiger partial charge in [0.25, 0.3) is 0 Å². The number of hydrogen-bond donors (Lipinski definition) is 2. The van der Waals surface area contributed by atoms with Crippen LogP contribution < -0.4 is 4.90 Å². The first kappa shape index (κ1) is 15.4. The maximum Gasteiger partial charge on any atom is 0.339 e. The summed E-state index contributed by atoms with van der Waals surface area (Å²) in [4.78, 5) is 21.2. The first-order valence-corrected chi connectivity index (χ1v) is 6.49. The molecule has 1 heterocycles. The molecule has 0 aliphatic rings. The van der Waals surface area contributed by atoms with Gasteiger partial charge in [0.2, 0.25) is 5.95 Å². The van der Waals surface area contributed by atoms with E-state index < -0.39 is 5.97 Å². The van der Waals surface area contributed by atoms with Crippen molar-refractivity contribution in [1.29, 1.82) is 0 Å². The Bertz CT molecular complexity index is 433. The summed E-state index contributed by atoms with van der Waals surface area (Å²) in [5, 5.41) is 18.1. The molecule has 19 heavy (non-hydrogen) atoms. The van der Waals surface area contributed by atoms with E-state index in [4.69, 9.17) is 10.2 Å². The van der Waals surface area contributed by atoms with E-state index in [2.05, 4.69) is 23.8 Å². The number of aliphatic hydroxyl groups is 1. The van der Waals surface area contributed by atoms with Gasteiger partial charge in [0.15, 0.2) is 0 Å². The van der Waals surface area contributed by atoms with Crippen molar-refractivity contribution >= 4 is 11.9 Å². The normalized spacial score (nSPS) is 10.8. The molecule has 6 nitrogen and oxygen atoms in total. The molecule has 0 spiro atoms. The van der Waals surface area contributed by atoms with E-state index in [1.807, 2.05) is 4.90 Å². The summed E-state index contributed by atoms with van der Waals surface area (Å²) in [7, 11) is 0. The zero-order chi connectivity index (χ0) is 14.4. The molecule has 106 valence electrons. The standard InChI is InChI=1S/C13H21N3O3/c1-4-10(5-2)16(6-7-17)13-14-8-11(12(18)19)9(3)15-13/h8,10,17H,4-7H2,1-3H3,(H,18,19). The minimum atomic E-state index is -1.03. The van der Waals surface area contributed by atoms with Gasteiger partial charge in [-0.25, -0.2) is 14.8 Å². The zero-order valence-electron chi connectivity index (χ0n) is 11.6. The van der Waals surface area contributed by atoms with Gasteiger partial charge in [-0.1, -0.05) is 13.8 Å². The highest BCUT2D eigenvalue weighted by Gasteiger charge is 2.19. The van der Waals surface area contributed by atoms with Crippen LogP contribution >= 0.6 is 0 Å². The second-order valence-electron chi connectivity index (χ2n) is 4.36. The monoisotopic (exact) mass is 267 g/mol. The summed E-state index contributed by atoms with van der Waals surface area (Å²) in [6, 6.07) is 0.238. The fourth-order valence-electron chi connectivity index (χ4n) is 2.09. The number of nitrogens with zero attached hydrogens (tertiary/aromatic N) is 3. The van der Waals surface area contributed by atoms with Crippen LogP contribution in [-0.4, -0.2) is 45.3 Å². The molecule has 0 atom stereocenters. The molecule has 0 unspecified atom stereocenters. The van der Waals surface area contributed by atoms with Gasteiger partial charge in [-0.05, 0) is 19.8 Å². The van der Waals surface area contributed by atoms with E-state index in [9.17, 15) is 4.79 Å². The molecular weight excluding hydrogens is 246 g/mol. The van der Waals surface area contributed by atoms with Crippen LogP contribution in [0.25, 0.3) is 0 Å². The maximum absolute atomic E-state index is 10.9. The van der Waals surface area contributed by atoms with Crippen molar-refractivity contribution in [1.82, 2.24) is 9.97 Å². The van der Waals surface area contributed by atoms with E-state index in [1.165, 1.54) is 6.20 Å². The lowest BCUT2D eigenvalue weighted by atomic mass is 10.1. The van der Waals surface area contributed by atoms with Crippen LogP contribution in [0.15, 0.2) is 6.20 Å². The minimum Gasteiger partial charge on any atom is -0.478 e. The second-order valence-corrected chi connectivity index (χ2v) is 4.36. The minimum absolute atomic E-state index is 0.0135. The molecule has 2 N–H and O–H groups in total. The number of aliphatic hydroxyl groups excluding tert-OH is 1. The van der Waals surface area contributed by atoms with E-state index in [0.29, 0.717) is 18.2 Å². The van der Waals surface area contributed by atoms with Gasteiger partial charge in [0.1, 0.15) is 0 Å². The quantitative estimate of drug-likeness (QED) is 0.778. The SMILES string of the molecule is CCC(CC)N(CCO)c1ncc(C(=O)O)c(C)n1. The van der Waals surface area contributed by atoms with Crippen molar-refractivity contribution in [3.63, 3.8) is 0 Å². The number of rotatable bonds is 7. The molecular formula is C13H21N3O3. The molecule has 0 aliphatic carbocycles. The molecule has 1 aromatic rings. The first-order valence-electron chi connectivity index (χ1n) is 6.49. The van der Waals surface area contributed by atoms with Gasteiger partial charge in [0, 0.05) is 18.8 Å². The highest BCUT2D eigenvalue weighted by molar-refractivity contribution is 5.88. The summed E-state index contributed by atoms with van der Waals surface area (Å²) in [5.74, 6) is -0.550. The Balaban J connectivity index is 3.09. The fraction of sp³-hybridized carbons (Fsp3) is 0.615. The Hall–Kier alpha value is -1.69. The Morgan fingerprint density at radius 2 is 2.05 bits per heavy atom. The third kappa shape index (κ3) is 3.64. The van der Waals surface area contributed by atoms with Crippen molar-refractivity contribution in [2.24, 2.45) is 0 Å². The Labute approximate surface area is 113 Å². The number of anilines is 1. The van der Waals surface area contributed by atoms with Crippen molar-refractivity contribution < 1.29 is 15.0 Å². The third-order valence-electron chi connectivity index (χ3n) is 3.18. The highest BCUT2D eigenvalue weighted by atomic mass is 16.4. The number of carboxylic acid groups (broad SMARTS) is 1.